The zero-order valence-corrected chi connectivity index (χ0v) is 10.6. The third-order valence-electron chi connectivity index (χ3n) is 2.83. The Morgan fingerprint density at radius 1 is 1.32 bits per heavy atom. The predicted octanol–water partition coefficient (Wildman–Crippen LogP) is 3.35. The third kappa shape index (κ3) is 2.09. The minimum atomic E-state index is -0.206. The second-order valence-electron chi connectivity index (χ2n) is 4.01. The highest BCUT2D eigenvalue weighted by molar-refractivity contribution is 7.14. The van der Waals surface area contributed by atoms with Gasteiger partial charge in [0.1, 0.15) is 11.1 Å². The highest BCUT2D eigenvalue weighted by Gasteiger charge is 2.10. The summed E-state index contributed by atoms with van der Waals surface area (Å²) in [6.07, 6.45) is 1.83. The van der Waals surface area contributed by atoms with E-state index in [1.165, 1.54) is 11.3 Å². The van der Waals surface area contributed by atoms with E-state index in [9.17, 15) is 4.79 Å². The van der Waals surface area contributed by atoms with Crippen molar-refractivity contribution in [2.24, 2.45) is 0 Å². The van der Waals surface area contributed by atoms with Gasteiger partial charge in [-0.3, -0.25) is 4.79 Å². The van der Waals surface area contributed by atoms with Gasteiger partial charge in [-0.1, -0.05) is 0 Å². The third-order valence-corrected chi connectivity index (χ3v) is 3.66. The van der Waals surface area contributed by atoms with Gasteiger partial charge in [-0.15, -0.1) is 11.3 Å². The summed E-state index contributed by atoms with van der Waals surface area (Å²) in [6.45, 7) is 0. The van der Waals surface area contributed by atoms with Gasteiger partial charge < -0.3 is 10.3 Å². The number of fused-ring (bicyclic) bond motifs is 1. The van der Waals surface area contributed by atoms with Gasteiger partial charge in [-0.05, 0) is 35.7 Å². The number of thiophene rings is 1. The van der Waals surface area contributed by atoms with Crippen LogP contribution in [0.4, 0.5) is 5.00 Å². The molecule has 0 aliphatic rings. The molecule has 2 N–H and O–H groups in total. The predicted molar refractivity (Wildman–Crippen MR) is 75.3 cm³/mol. The Morgan fingerprint density at radius 2 is 2.21 bits per heavy atom. The molecular weight excluding hydrogens is 258 g/mol. The fourth-order valence-electron chi connectivity index (χ4n) is 1.86. The first-order chi connectivity index (χ1) is 9.28. The summed E-state index contributed by atoms with van der Waals surface area (Å²) in [7, 11) is 0. The average molecular weight is 267 g/mol. The van der Waals surface area contributed by atoms with Gasteiger partial charge >= 0.3 is 0 Å². The van der Waals surface area contributed by atoms with Crippen LogP contribution in [0, 0.1) is 11.3 Å². The summed E-state index contributed by atoms with van der Waals surface area (Å²) in [6, 6.07) is 11.1. The van der Waals surface area contributed by atoms with Gasteiger partial charge in [-0.25, -0.2) is 0 Å². The molecule has 2 aromatic heterocycles. The molecule has 3 aromatic rings. The van der Waals surface area contributed by atoms with Gasteiger partial charge in [0.2, 0.25) is 0 Å². The second kappa shape index (κ2) is 4.59. The molecule has 0 saturated heterocycles. The largest absolute Gasteiger partial charge is 0.361 e. The molecule has 5 heteroatoms. The van der Waals surface area contributed by atoms with E-state index < -0.39 is 0 Å². The van der Waals surface area contributed by atoms with Crippen LogP contribution >= 0.6 is 11.3 Å². The number of aromatic nitrogens is 1. The van der Waals surface area contributed by atoms with Crippen LogP contribution in [0.15, 0.2) is 41.9 Å². The van der Waals surface area contributed by atoms with E-state index in [0.717, 1.165) is 10.9 Å². The zero-order valence-electron chi connectivity index (χ0n) is 9.81. The van der Waals surface area contributed by atoms with Crippen molar-refractivity contribution in [3.63, 3.8) is 0 Å². The first kappa shape index (κ1) is 11.5. The molecule has 0 spiro atoms. The fourth-order valence-corrected chi connectivity index (χ4v) is 2.60. The summed E-state index contributed by atoms with van der Waals surface area (Å²) >= 11 is 1.34. The summed E-state index contributed by atoms with van der Waals surface area (Å²) in [5, 5.41) is 15.0. The van der Waals surface area contributed by atoms with Crippen LogP contribution in [-0.2, 0) is 0 Å². The maximum absolute atomic E-state index is 12.1. The van der Waals surface area contributed by atoms with Crippen molar-refractivity contribution in [3.8, 4) is 6.07 Å². The lowest BCUT2D eigenvalue weighted by atomic mass is 10.1. The van der Waals surface area contributed by atoms with Crippen molar-refractivity contribution >= 4 is 33.1 Å². The Morgan fingerprint density at radius 3 is 3.05 bits per heavy atom. The second-order valence-corrected chi connectivity index (χ2v) is 4.93. The lowest BCUT2D eigenvalue weighted by Gasteiger charge is -2.03. The summed E-state index contributed by atoms with van der Waals surface area (Å²) in [4.78, 5) is 15.2. The molecule has 0 fully saturated rings. The molecule has 0 atom stereocenters. The number of hydrogen-bond donors (Lipinski definition) is 2. The van der Waals surface area contributed by atoms with Crippen molar-refractivity contribution in [2.45, 2.75) is 0 Å². The van der Waals surface area contributed by atoms with E-state index in [0.29, 0.717) is 16.1 Å². The molecule has 92 valence electrons. The molecule has 0 bridgehead atoms. The van der Waals surface area contributed by atoms with Crippen LogP contribution in [0.1, 0.15) is 15.9 Å². The van der Waals surface area contributed by atoms with Crippen LogP contribution in [-0.4, -0.2) is 10.9 Å². The lowest BCUT2D eigenvalue weighted by Crippen LogP contribution is -2.11. The molecule has 4 nitrogen and oxygen atoms in total. The Hall–Kier alpha value is -2.58. The molecule has 1 aromatic carbocycles. The highest BCUT2D eigenvalue weighted by Crippen LogP contribution is 2.23. The van der Waals surface area contributed by atoms with Crippen LogP contribution in [0.3, 0.4) is 0 Å². The zero-order chi connectivity index (χ0) is 13.2. The molecule has 0 radical (unpaired) electrons. The number of nitrogens with one attached hydrogen (secondary N) is 2. The smallest absolute Gasteiger partial charge is 0.256 e. The Kier molecular flexibility index (Phi) is 2.78. The molecule has 0 aliphatic carbocycles. The summed E-state index contributed by atoms with van der Waals surface area (Å²) < 4.78 is 0. The molecule has 19 heavy (non-hydrogen) atoms. The van der Waals surface area contributed by atoms with Crippen molar-refractivity contribution in [1.29, 1.82) is 5.26 Å². The quantitative estimate of drug-likeness (QED) is 0.747. The van der Waals surface area contributed by atoms with Gasteiger partial charge in [0, 0.05) is 22.7 Å². The normalized spacial score (nSPS) is 10.3. The number of carbonyl (C=O) groups is 1. The number of benzene rings is 1. The summed E-state index contributed by atoms with van der Waals surface area (Å²) in [5.74, 6) is -0.206. The number of nitrogens with zero attached hydrogens (tertiary/aromatic N) is 1. The minimum Gasteiger partial charge on any atom is -0.361 e. The minimum absolute atomic E-state index is 0.206. The van der Waals surface area contributed by atoms with Crippen LogP contribution in [0.5, 0.6) is 0 Å². The Labute approximate surface area is 113 Å². The molecule has 1 amide bonds. The number of anilines is 1. The first-order valence-corrected chi connectivity index (χ1v) is 6.52. The van der Waals surface area contributed by atoms with Crippen LogP contribution in [0.25, 0.3) is 10.9 Å². The maximum Gasteiger partial charge on any atom is 0.256 e. The number of H-pyrrole nitrogens is 1. The monoisotopic (exact) mass is 267 g/mol. The topological polar surface area (TPSA) is 68.7 Å². The molecule has 2 heterocycles. The molecule has 3 rings (SSSR count). The number of amides is 1. The molecule has 0 saturated carbocycles. The molecular formula is C14H9N3OS. The van der Waals surface area contributed by atoms with E-state index in [1.807, 2.05) is 30.5 Å². The SMILES string of the molecule is N#Cc1ccsc1NC(=O)c1ccc2[nH]ccc2c1. The lowest BCUT2D eigenvalue weighted by molar-refractivity contribution is 0.102. The van der Waals surface area contributed by atoms with E-state index >= 15 is 0 Å². The van der Waals surface area contributed by atoms with Crippen molar-refractivity contribution in [2.75, 3.05) is 5.32 Å². The number of hydrogen-bond acceptors (Lipinski definition) is 3. The highest BCUT2D eigenvalue weighted by atomic mass is 32.1. The van der Waals surface area contributed by atoms with E-state index in [2.05, 4.69) is 10.3 Å². The van der Waals surface area contributed by atoms with Crippen molar-refractivity contribution in [1.82, 2.24) is 4.98 Å². The maximum atomic E-state index is 12.1. The average Bonchev–Trinajstić information content (AvgIpc) is 3.05. The fraction of sp³-hybridized carbons (Fsp3) is 0. The number of aromatic amines is 1. The van der Waals surface area contributed by atoms with Crippen LogP contribution in [0.2, 0.25) is 0 Å². The van der Waals surface area contributed by atoms with Crippen molar-refractivity contribution in [3.05, 3.63) is 53.0 Å². The molecule has 0 unspecified atom stereocenters. The van der Waals surface area contributed by atoms with Gasteiger partial charge in [0.15, 0.2) is 0 Å². The van der Waals surface area contributed by atoms with E-state index in [1.54, 1.807) is 17.5 Å². The Balaban J connectivity index is 1.89. The van der Waals surface area contributed by atoms with Gasteiger partial charge in [0.25, 0.3) is 5.91 Å². The van der Waals surface area contributed by atoms with Gasteiger partial charge in [-0.2, -0.15) is 5.26 Å². The van der Waals surface area contributed by atoms with E-state index in [-0.39, 0.29) is 5.91 Å². The Bertz CT molecular complexity index is 794. The van der Waals surface area contributed by atoms with Crippen molar-refractivity contribution < 1.29 is 4.79 Å². The number of rotatable bonds is 2. The summed E-state index contributed by atoms with van der Waals surface area (Å²) in [5.41, 5.74) is 2.05. The number of nitriles is 1. The van der Waals surface area contributed by atoms with E-state index in [4.69, 9.17) is 5.26 Å². The van der Waals surface area contributed by atoms with Crippen LogP contribution < -0.4 is 5.32 Å². The standard InChI is InChI=1S/C14H9N3OS/c15-8-11-4-6-19-14(11)17-13(18)10-1-2-12-9(7-10)3-5-16-12/h1-7,16H,(H,17,18). The van der Waals surface area contributed by atoms with Gasteiger partial charge in [0.05, 0.1) is 5.56 Å². The molecule has 0 aliphatic heterocycles. The number of carbonyl (C=O) groups excluding carboxylic acids is 1. The first-order valence-electron chi connectivity index (χ1n) is 5.64.